The molecule has 3 N–H and O–H groups in total. The SMILES string of the molecule is CCCCC/C=C/C=C/C=C/C=C/CCCCCCCC(=O)OC(CCCCC/C=C/CCCCCCCCCCC)CC(=O)NC(CO)C(O)CCCCCCCCCCCCCCCC. The van der Waals surface area contributed by atoms with E-state index in [0.717, 1.165) is 96.3 Å². The van der Waals surface area contributed by atoms with Gasteiger partial charge < -0.3 is 20.3 Å². The third-order valence-electron chi connectivity index (χ3n) is 13.2. The molecule has 3 unspecified atom stereocenters. The smallest absolute Gasteiger partial charge is 0.306 e. The van der Waals surface area contributed by atoms with Crippen molar-refractivity contribution in [3.8, 4) is 0 Å². The molecule has 0 radical (unpaired) electrons. The molecule has 0 aliphatic rings. The van der Waals surface area contributed by atoms with Crippen molar-refractivity contribution in [2.75, 3.05) is 6.61 Å². The Morgan fingerprint density at radius 2 is 0.776 bits per heavy atom. The molecule has 0 fully saturated rings. The van der Waals surface area contributed by atoms with Crippen molar-refractivity contribution in [1.29, 1.82) is 0 Å². The molecule has 0 aliphatic carbocycles. The summed E-state index contributed by atoms with van der Waals surface area (Å²) in [4.78, 5) is 26.3. The minimum Gasteiger partial charge on any atom is -0.462 e. The highest BCUT2D eigenvalue weighted by atomic mass is 16.5. The normalized spacial score (nSPS) is 13.6. The Balaban J connectivity index is 4.63. The minimum atomic E-state index is -0.798. The molecule has 1 amide bonds. The first-order valence-corrected chi connectivity index (χ1v) is 29.1. The van der Waals surface area contributed by atoms with Gasteiger partial charge >= 0.3 is 5.97 Å². The standard InChI is InChI=1S/C61H111NO5/c1-4-7-10-13-16-19-22-25-28-30-31-33-36-39-42-45-48-51-54-61(66)67-57(52-49-46-43-40-37-34-32-29-26-23-20-17-14-11-8-5-2)55-60(65)62-58(56-63)59(64)53-50-47-44-41-38-35-27-24-21-18-15-12-9-6-3/h16,19,22,25,28,30-31,33-34,37,57-59,63-64H,4-15,17-18,20-21,23-24,26-27,29,32,35-36,38-56H2,1-3H3,(H,62,65)/b19-16+,25-22+,30-28+,33-31+,37-34+. The van der Waals surface area contributed by atoms with Crippen LogP contribution < -0.4 is 5.32 Å². The number of allylic oxidation sites excluding steroid dienone is 10. The van der Waals surface area contributed by atoms with Crippen LogP contribution in [-0.4, -0.2) is 46.9 Å². The second-order valence-electron chi connectivity index (χ2n) is 19.8. The van der Waals surface area contributed by atoms with Crippen molar-refractivity contribution in [3.05, 3.63) is 60.8 Å². The Morgan fingerprint density at radius 3 is 1.24 bits per heavy atom. The van der Waals surface area contributed by atoms with E-state index < -0.39 is 18.2 Å². The largest absolute Gasteiger partial charge is 0.462 e. The van der Waals surface area contributed by atoms with E-state index in [-0.39, 0.29) is 24.9 Å². The topological polar surface area (TPSA) is 95.9 Å². The summed E-state index contributed by atoms with van der Waals surface area (Å²) in [6.45, 7) is 6.46. The van der Waals surface area contributed by atoms with Gasteiger partial charge in [0, 0.05) is 6.42 Å². The van der Waals surface area contributed by atoms with Gasteiger partial charge in [-0.3, -0.25) is 9.59 Å². The lowest BCUT2D eigenvalue weighted by Gasteiger charge is -2.24. The van der Waals surface area contributed by atoms with Crippen LogP contribution in [-0.2, 0) is 14.3 Å². The van der Waals surface area contributed by atoms with Gasteiger partial charge in [0.25, 0.3) is 0 Å². The zero-order chi connectivity index (χ0) is 48.8. The summed E-state index contributed by atoms with van der Waals surface area (Å²) in [5, 5.41) is 23.9. The fourth-order valence-electron chi connectivity index (χ4n) is 8.73. The highest BCUT2D eigenvalue weighted by Crippen LogP contribution is 2.18. The number of aliphatic hydroxyl groups excluding tert-OH is 2. The van der Waals surface area contributed by atoms with Gasteiger partial charge in [-0.15, -0.1) is 0 Å². The molecule has 0 aliphatic heterocycles. The quantitative estimate of drug-likeness (QED) is 0.0244. The van der Waals surface area contributed by atoms with E-state index in [9.17, 15) is 19.8 Å². The van der Waals surface area contributed by atoms with Crippen LogP contribution in [0.15, 0.2) is 60.8 Å². The number of esters is 1. The average molecular weight is 939 g/mol. The number of nitrogens with one attached hydrogen (secondary N) is 1. The first-order valence-electron chi connectivity index (χ1n) is 29.1. The van der Waals surface area contributed by atoms with Crippen LogP contribution in [0.4, 0.5) is 0 Å². The van der Waals surface area contributed by atoms with Gasteiger partial charge in [0.1, 0.15) is 6.10 Å². The molecule has 0 aromatic rings. The van der Waals surface area contributed by atoms with Gasteiger partial charge in [-0.2, -0.15) is 0 Å². The van der Waals surface area contributed by atoms with Crippen LogP contribution in [0.25, 0.3) is 0 Å². The molecule has 3 atom stereocenters. The highest BCUT2D eigenvalue weighted by molar-refractivity contribution is 5.77. The summed E-state index contributed by atoms with van der Waals surface area (Å²) in [6.07, 6.45) is 68.5. The summed E-state index contributed by atoms with van der Waals surface area (Å²) in [5.41, 5.74) is 0. The Morgan fingerprint density at radius 1 is 0.433 bits per heavy atom. The predicted molar refractivity (Wildman–Crippen MR) is 292 cm³/mol. The highest BCUT2D eigenvalue weighted by Gasteiger charge is 2.24. The van der Waals surface area contributed by atoms with Crippen LogP contribution >= 0.6 is 0 Å². The van der Waals surface area contributed by atoms with Crippen LogP contribution in [0.1, 0.15) is 290 Å². The number of rotatable bonds is 52. The third kappa shape index (κ3) is 49.8. The molecule has 390 valence electrons. The van der Waals surface area contributed by atoms with Gasteiger partial charge in [0.2, 0.25) is 5.91 Å². The minimum absolute atomic E-state index is 0.0572. The monoisotopic (exact) mass is 938 g/mol. The maximum absolute atomic E-state index is 13.3. The zero-order valence-electron chi connectivity index (χ0n) is 44.5. The molecule has 0 aromatic heterocycles. The Hall–Kier alpha value is -2.44. The number of unbranched alkanes of at least 4 members (excludes halogenated alkanes) is 33. The first-order chi connectivity index (χ1) is 33.0. The molecule has 0 spiro atoms. The van der Waals surface area contributed by atoms with Crippen molar-refractivity contribution < 1.29 is 24.5 Å². The molecule has 0 saturated carbocycles. The van der Waals surface area contributed by atoms with Crippen LogP contribution in [0.2, 0.25) is 0 Å². The molecule has 6 heteroatoms. The molecular formula is C61H111NO5. The summed E-state index contributed by atoms with van der Waals surface area (Å²) in [6, 6.07) is -0.713. The summed E-state index contributed by atoms with van der Waals surface area (Å²) in [7, 11) is 0. The van der Waals surface area contributed by atoms with E-state index >= 15 is 0 Å². The summed E-state index contributed by atoms with van der Waals surface area (Å²) in [5.74, 6) is -0.507. The molecule has 0 rings (SSSR count). The maximum atomic E-state index is 13.3. The van der Waals surface area contributed by atoms with Crippen molar-refractivity contribution in [1.82, 2.24) is 5.32 Å². The van der Waals surface area contributed by atoms with E-state index in [0.29, 0.717) is 19.3 Å². The van der Waals surface area contributed by atoms with Crippen molar-refractivity contribution in [2.24, 2.45) is 0 Å². The number of ether oxygens (including phenoxy) is 1. The van der Waals surface area contributed by atoms with Crippen molar-refractivity contribution in [3.63, 3.8) is 0 Å². The zero-order valence-corrected chi connectivity index (χ0v) is 44.5. The Labute approximate surface area is 416 Å². The summed E-state index contributed by atoms with van der Waals surface area (Å²) >= 11 is 0. The molecule has 0 bridgehead atoms. The van der Waals surface area contributed by atoms with Gasteiger partial charge in [0.15, 0.2) is 0 Å². The fraction of sp³-hybridized carbons (Fsp3) is 0.803. The number of carbonyl (C=O) groups excluding carboxylic acids is 2. The lowest BCUT2D eigenvalue weighted by atomic mass is 10.0. The number of carbonyl (C=O) groups is 2. The van der Waals surface area contributed by atoms with Crippen molar-refractivity contribution >= 4 is 11.9 Å². The number of hydrogen-bond donors (Lipinski definition) is 3. The molecule has 6 nitrogen and oxygen atoms in total. The molecule has 0 heterocycles. The van der Waals surface area contributed by atoms with E-state index in [4.69, 9.17) is 4.74 Å². The predicted octanol–water partition coefficient (Wildman–Crippen LogP) is 18.0. The number of hydrogen-bond acceptors (Lipinski definition) is 5. The van der Waals surface area contributed by atoms with E-state index in [2.05, 4.69) is 86.8 Å². The third-order valence-corrected chi connectivity index (χ3v) is 13.2. The second kappa shape index (κ2) is 54.5. The van der Waals surface area contributed by atoms with Crippen LogP contribution in [0.5, 0.6) is 0 Å². The Kier molecular flexibility index (Phi) is 52.5. The lowest BCUT2D eigenvalue weighted by Crippen LogP contribution is -2.46. The molecule has 67 heavy (non-hydrogen) atoms. The van der Waals surface area contributed by atoms with Gasteiger partial charge in [-0.25, -0.2) is 0 Å². The maximum Gasteiger partial charge on any atom is 0.306 e. The van der Waals surface area contributed by atoms with Gasteiger partial charge in [-0.05, 0) is 77.0 Å². The fourth-order valence-corrected chi connectivity index (χ4v) is 8.73. The van der Waals surface area contributed by atoms with Crippen molar-refractivity contribution in [2.45, 2.75) is 309 Å². The van der Waals surface area contributed by atoms with Gasteiger partial charge in [-0.1, -0.05) is 261 Å². The van der Waals surface area contributed by atoms with E-state index in [1.807, 2.05) is 0 Å². The Bertz CT molecular complexity index is 1190. The van der Waals surface area contributed by atoms with Gasteiger partial charge in [0.05, 0.1) is 25.2 Å². The van der Waals surface area contributed by atoms with E-state index in [1.54, 1.807) is 0 Å². The van der Waals surface area contributed by atoms with Crippen LogP contribution in [0, 0.1) is 0 Å². The second-order valence-corrected chi connectivity index (χ2v) is 19.8. The molecular weight excluding hydrogens is 827 g/mol. The van der Waals surface area contributed by atoms with Crippen LogP contribution in [0.3, 0.4) is 0 Å². The average Bonchev–Trinajstić information content (AvgIpc) is 3.32. The molecule has 0 saturated heterocycles. The lowest BCUT2D eigenvalue weighted by molar-refractivity contribution is -0.151. The first kappa shape index (κ1) is 64.6. The number of amides is 1. The molecule has 0 aromatic carbocycles. The summed E-state index contributed by atoms with van der Waals surface area (Å²) < 4.78 is 5.95. The number of aliphatic hydroxyl groups is 2. The van der Waals surface area contributed by atoms with E-state index in [1.165, 1.54) is 148 Å².